The third-order valence-corrected chi connectivity index (χ3v) is 4.45. The highest BCUT2D eigenvalue weighted by Gasteiger charge is 2.14. The van der Waals surface area contributed by atoms with Crippen molar-refractivity contribution in [1.29, 1.82) is 0 Å². The second kappa shape index (κ2) is 8.73. The number of amidine groups is 1. The highest BCUT2D eigenvalue weighted by atomic mass is 32.1. The molecule has 6 nitrogen and oxygen atoms in total. The van der Waals surface area contributed by atoms with Crippen LogP contribution < -0.4 is 11.1 Å². The van der Waals surface area contributed by atoms with Crippen LogP contribution in [0.2, 0.25) is 0 Å². The van der Waals surface area contributed by atoms with Crippen LogP contribution in [0, 0.1) is 6.92 Å². The fourth-order valence-electron chi connectivity index (χ4n) is 2.57. The summed E-state index contributed by atoms with van der Waals surface area (Å²) in [6.45, 7) is 1.85. The van der Waals surface area contributed by atoms with Crippen LogP contribution in [0.1, 0.15) is 49.2 Å². The first-order valence-electron chi connectivity index (χ1n) is 7.78. The van der Waals surface area contributed by atoms with E-state index in [9.17, 15) is 4.79 Å². The molecule has 1 aromatic heterocycles. The van der Waals surface area contributed by atoms with E-state index < -0.39 is 0 Å². The highest BCUT2D eigenvalue weighted by molar-refractivity contribution is 7.09. The lowest BCUT2D eigenvalue weighted by Gasteiger charge is -2.15. The Kier molecular flexibility index (Phi) is 6.64. The molecule has 1 amide bonds. The van der Waals surface area contributed by atoms with Crippen LogP contribution in [-0.2, 0) is 16.1 Å². The lowest BCUT2D eigenvalue weighted by atomic mass is 10.1. The lowest BCUT2D eigenvalue weighted by molar-refractivity contribution is -0.126. The number of amides is 1. The molecule has 0 bridgehead atoms. The molecule has 2 rings (SSSR count). The number of nitrogens with two attached hydrogens (primary N) is 1. The van der Waals surface area contributed by atoms with Crippen LogP contribution in [0.3, 0.4) is 0 Å². The molecular weight excluding hydrogens is 300 g/mol. The SMILES string of the molecule is Cc1nc(C/C(N)=N/OCC(=O)NC2CCCCCC2)cs1. The first kappa shape index (κ1) is 16.7. The van der Waals surface area contributed by atoms with Gasteiger partial charge in [-0.3, -0.25) is 4.79 Å². The van der Waals surface area contributed by atoms with Gasteiger partial charge in [0.2, 0.25) is 0 Å². The molecule has 0 unspecified atom stereocenters. The summed E-state index contributed by atoms with van der Waals surface area (Å²) in [6, 6.07) is 0.276. The number of oxime groups is 1. The number of nitrogens with zero attached hydrogens (tertiary/aromatic N) is 2. The second-order valence-corrected chi connectivity index (χ2v) is 6.71. The number of carbonyl (C=O) groups excluding carboxylic acids is 1. The van der Waals surface area contributed by atoms with Gasteiger partial charge in [-0.1, -0.05) is 30.8 Å². The average molecular weight is 324 g/mol. The van der Waals surface area contributed by atoms with Gasteiger partial charge in [0.15, 0.2) is 6.61 Å². The molecule has 1 saturated carbocycles. The van der Waals surface area contributed by atoms with Gasteiger partial charge in [0.1, 0.15) is 5.84 Å². The van der Waals surface area contributed by atoms with E-state index in [4.69, 9.17) is 10.6 Å². The third kappa shape index (κ3) is 6.01. The van der Waals surface area contributed by atoms with Crippen molar-refractivity contribution in [3.05, 3.63) is 16.1 Å². The number of carbonyl (C=O) groups is 1. The predicted molar refractivity (Wildman–Crippen MR) is 87.8 cm³/mol. The van der Waals surface area contributed by atoms with Crippen LogP contribution in [0.5, 0.6) is 0 Å². The smallest absolute Gasteiger partial charge is 0.260 e. The summed E-state index contributed by atoms with van der Waals surface area (Å²) in [5.41, 5.74) is 6.63. The fourth-order valence-corrected chi connectivity index (χ4v) is 3.19. The molecule has 0 atom stereocenters. The maximum atomic E-state index is 11.8. The van der Waals surface area contributed by atoms with Crippen molar-refractivity contribution >= 4 is 23.1 Å². The molecule has 22 heavy (non-hydrogen) atoms. The zero-order chi connectivity index (χ0) is 15.8. The molecule has 0 saturated heterocycles. The maximum absolute atomic E-state index is 11.8. The van der Waals surface area contributed by atoms with E-state index in [0.717, 1.165) is 23.5 Å². The first-order valence-corrected chi connectivity index (χ1v) is 8.66. The predicted octanol–water partition coefficient (Wildman–Crippen LogP) is 2.12. The van der Waals surface area contributed by atoms with E-state index in [0.29, 0.717) is 12.3 Å². The zero-order valence-electron chi connectivity index (χ0n) is 13.0. The summed E-state index contributed by atoms with van der Waals surface area (Å²) in [4.78, 5) is 21.1. The topological polar surface area (TPSA) is 89.6 Å². The quantitative estimate of drug-likeness (QED) is 0.363. The number of hydrogen-bond donors (Lipinski definition) is 2. The number of rotatable bonds is 6. The van der Waals surface area contributed by atoms with E-state index in [-0.39, 0.29) is 18.6 Å². The van der Waals surface area contributed by atoms with Gasteiger partial charge in [-0.25, -0.2) is 4.98 Å². The van der Waals surface area contributed by atoms with E-state index in [1.54, 1.807) is 11.3 Å². The molecular formula is C15H24N4O2S. The monoisotopic (exact) mass is 324 g/mol. The molecule has 1 fully saturated rings. The molecule has 1 aliphatic rings. The van der Waals surface area contributed by atoms with Gasteiger partial charge in [-0.05, 0) is 19.8 Å². The Morgan fingerprint density at radius 2 is 2.18 bits per heavy atom. The van der Waals surface area contributed by atoms with Crippen molar-refractivity contribution in [2.24, 2.45) is 10.9 Å². The normalized spacial score (nSPS) is 17.0. The largest absolute Gasteiger partial charge is 0.384 e. The minimum Gasteiger partial charge on any atom is -0.384 e. The standard InChI is InChI=1S/C15H24N4O2S/c1-11-17-13(10-22-11)8-14(16)19-21-9-15(20)18-12-6-4-2-3-5-7-12/h10,12H,2-9H2,1H3,(H2,16,19)(H,18,20). The summed E-state index contributed by atoms with van der Waals surface area (Å²) in [7, 11) is 0. The fraction of sp³-hybridized carbons (Fsp3) is 0.667. The van der Waals surface area contributed by atoms with Gasteiger partial charge in [0.05, 0.1) is 17.1 Å². The molecule has 122 valence electrons. The number of hydrogen-bond acceptors (Lipinski definition) is 5. The van der Waals surface area contributed by atoms with Crippen LogP contribution in [0.15, 0.2) is 10.5 Å². The van der Waals surface area contributed by atoms with Crippen LogP contribution in [0.25, 0.3) is 0 Å². The third-order valence-electron chi connectivity index (χ3n) is 3.63. The maximum Gasteiger partial charge on any atom is 0.260 e. The molecule has 0 aliphatic heterocycles. The number of aryl methyl sites for hydroxylation is 1. The Labute approximate surface area is 135 Å². The van der Waals surface area contributed by atoms with Crippen molar-refractivity contribution in [2.45, 2.75) is 57.9 Å². The number of thiazole rings is 1. The highest BCUT2D eigenvalue weighted by Crippen LogP contribution is 2.17. The summed E-state index contributed by atoms with van der Waals surface area (Å²) in [5.74, 6) is 0.195. The Morgan fingerprint density at radius 1 is 1.45 bits per heavy atom. The Balaban J connectivity index is 1.67. The van der Waals surface area contributed by atoms with Crippen LogP contribution >= 0.6 is 11.3 Å². The van der Waals surface area contributed by atoms with Gasteiger partial charge in [0.25, 0.3) is 5.91 Å². The second-order valence-electron chi connectivity index (χ2n) is 5.65. The molecule has 1 heterocycles. The van der Waals surface area contributed by atoms with Gasteiger partial charge in [-0.2, -0.15) is 0 Å². The van der Waals surface area contributed by atoms with Crippen molar-refractivity contribution < 1.29 is 9.63 Å². The lowest BCUT2D eigenvalue weighted by Crippen LogP contribution is -2.36. The molecule has 7 heteroatoms. The van der Waals surface area contributed by atoms with Gasteiger partial charge >= 0.3 is 0 Å². The molecule has 1 aromatic rings. The van der Waals surface area contributed by atoms with Crippen molar-refractivity contribution in [3.63, 3.8) is 0 Å². The minimum atomic E-state index is -0.132. The minimum absolute atomic E-state index is 0.0900. The van der Waals surface area contributed by atoms with Gasteiger partial charge in [0, 0.05) is 11.4 Å². The summed E-state index contributed by atoms with van der Waals surface area (Å²) >= 11 is 1.57. The van der Waals surface area contributed by atoms with Crippen molar-refractivity contribution in [1.82, 2.24) is 10.3 Å². The number of aromatic nitrogens is 1. The number of nitrogens with one attached hydrogen (secondary N) is 1. The molecule has 0 aromatic carbocycles. The van der Waals surface area contributed by atoms with E-state index >= 15 is 0 Å². The Hall–Kier alpha value is -1.63. The molecule has 3 N–H and O–H groups in total. The van der Waals surface area contributed by atoms with Crippen LogP contribution in [-0.4, -0.2) is 29.4 Å². The Morgan fingerprint density at radius 3 is 2.82 bits per heavy atom. The molecule has 0 radical (unpaired) electrons. The van der Waals surface area contributed by atoms with E-state index in [2.05, 4.69) is 15.5 Å². The Bertz CT molecular complexity index is 507. The van der Waals surface area contributed by atoms with Gasteiger partial charge in [-0.15, -0.1) is 11.3 Å². The summed E-state index contributed by atoms with van der Waals surface area (Å²) in [6.07, 6.45) is 7.45. The van der Waals surface area contributed by atoms with Gasteiger partial charge < -0.3 is 15.9 Å². The zero-order valence-corrected chi connectivity index (χ0v) is 13.8. The van der Waals surface area contributed by atoms with E-state index in [1.165, 1.54) is 25.7 Å². The average Bonchev–Trinajstić information content (AvgIpc) is 2.72. The van der Waals surface area contributed by atoms with Crippen molar-refractivity contribution in [2.75, 3.05) is 6.61 Å². The summed E-state index contributed by atoms with van der Waals surface area (Å²) in [5, 5.41) is 9.71. The van der Waals surface area contributed by atoms with Crippen LogP contribution in [0.4, 0.5) is 0 Å². The first-order chi connectivity index (χ1) is 10.6. The molecule has 1 aliphatic carbocycles. The summed E-state index contributed by atoms with van der Waals surface area (Å²) < 4.78 is 0. The van der Waals surface area contributed by atoms with Crippen molar-refractivity contribution in [3.8, 4) is 0 Å². The molecule has 0 spiro atoms. The van der Waals surface area contributed by atoms with E-state index in [1.807, 2.05) is 12.3 Å².